The number of nitrogens with zero attached hydrogens (tertiary/aromatic N) is 1. The van der Waals surface area contributed by atoms with Crippen molar-refractivity contribution in [3.63, 3.8) is 0 Å². The number of thioether (sulfide) groups is 1. The summed E-state index contributed by atoms with van der Waals surface area (Å²) in [6.07, 6.45) is 9.54. The summed E-state index contributed by atoms with van der Waals surface area (Å²) in [5.41, 5.74) is 4.95. The van der Waals surface area contributed by atoms with E-state index < -0.39 is 0 Å². The number of nitrogens with one attached hydrogen (secondary N) is 1. The maximum absolute atomic E-state index is 13.5. The van der Waals surface area contributed by atoms with Gasteiger partial charge in [-0.05, 0) is 61.5 Å². The lowest BCUT2D eigenvalue weighted by Crippen LogP contribution is -2.31. The number of ether oxygens (including phenoxy) is 2. The molecular weight excluding hydrogens is 460 g/mol. The molecule has 0 bridgehead atoms. The molecule has 1 aromatic rings. The molecule has 1 saturated heterocycles. The first kappa shape index (κ1) is 27.4. The molecule has 1 aromatic carbocycles. The Kier molecular flexibility index (Phi) is 9.96. The minimum absolute atomic E-state index is 0.0858. The molecule has 2 atom stereocenters. The van der Waals surface area contributed by atoms with Gasteiger partial charge in [-0.1, -0.05) is 32.3 Å². The van der Waals surface area contributed by atoms with E-state index in [2.05, 4.69) is 18.3 Å². The Morgan fingerprint density at radius 3 is 2.77 bits per heavy atom. The molecule has 194 valence electrons. The smallest absolute Gasteiger partial charge is 0.341 e. The van der Waals surface area contributed by atoms with Crippen LogP contribution in [-0.2, 0) is 22.6 Å². The molecule has 7 heteroatoms. The van der Waals surface area contributed by atoms with Crippen LogP contribution in [0.15, 0.2) is 11.6 Å². The zero-order valence-corrected chi connectivity index (χ0v) is 23.1. The number of methoxy groups -OCH3 is 1. The first-order valence-corrected chi connectivity index (χ1v) is 14.1. The number of rotatable bonds is 10. The molecule has 0 spiro atoms. The minimum atomic E-state index is -0.304. The Balaban J connectivity index is 2.09. The highest BCUT2D eigenvalue weighted by atomic mass is 32.2. The van der Waals surface area contributed by atoms with Crippen molar-refractivity contribution in [2.45, 2.75) is 65.4 Å². The summed E-state index contributed by atoms with van der Waals surface area (Å²) in [5.74, 6) is 3.61. The fraction of sp³-hybridized carbons (Fsp3) is 0.643. The van der Waals surface area contributed by atoms with Crippen LogP contribution in [0.25, 0.3) is 0 Å². The number of amides is 1. The second-order valence-electron chi connectivity index (χ2n) is 9.83. The van der Waals surface area contributed by atoms with Gasteiger partial charge in [-0.25, -0.2) is 4.79 Å². The van der Waals surface area contributed by atoms with Crippen LogP contribution < -0.4 is 10.1 Å². The zero-order chi connectivity index (χ0) is 25.5. The Bertz CT molecular complexity index is 949. The molecule has 1 amide bonds. The van der Waals surface area contributed by atoms with Gasteiger partial charge in [0.2, 0.25) is 5.91 Å². The number of unbranched alkanes of at least 4 members (excludes halogenated alkanes) is 1. The molecule has 35 heavy (non-hydrogen) atoms. The van der Waals surface area contributed by atoms with E-state index in [1.54, 1.807) is 12.0 Å². The van der Waals surface area contributed by atoms with Crippen molar-refractivity contribution in [2.75, 3.05) is 45.1 Å². The molecule has 3 rings (SSSR count). The van der Waals surface area contributed by atoms with Crippen LogP contribution in [0.1, 0.15) is 72.5 Å². The summed E-state index contributed by atoms with van der Waals surface area (Å²) < 4.78 is 11.2. The summed E-state index contributed by atoms with van der Waals surface area (Å²) in [5, 5.41) is 3.23. The maximum Gasteiger partial charge on any atom is 0.341 e. The second-order valence-corrected chi connectivity index (χ2v) is 11.0. The van der Waals surface area contributed by atoms with Crippen LogP contribution in [0, 0.1) is 18.8 Å². The van der Waals surface area contributed by atoms with E-state index >= 15 is 0 Å². The average molecular weight is 503 g/mol. The van der Waals surface area contributed by atoms with E-state index in [4.69, 9.17) is 9.47 Å². The van der Waals surface area contributed by atoms with Crippen LogP contribution in [0.3, 0.4) is 0 Å². The van der Waals surface area contributed by atoms with E-state index in [1.165, 1.54) is 25.0 Å². The molecule has 1 N–H and O–H groups in total. The number of benzene rings is 1. The largest absolute Gasteiger partial charge is 0.496 e. The Morgan fingerprint density at radius 1 is 1.34 bits per heavy atom. The summed E-state index contributed by atoms with van der Waals surface area (Å²) >= 11 is 2.03. The number of hydrogen-bond donors (Lipinski definition) is 1. The van der Waals surface area contributed by atoms with Crippen molar-refractivity contribution >= 4 is 29.3 Å². The monoisotopic (exact) mass is 502 g/mol. The predicted octanol–water partition coefficient (Wildman–Crippen LogP) is 5.61. The van der Waals surface area contributed by atoms with Gasteiger partial charge in [0, 0.05) is 37.8 Å². The number of esters is 1. The highest BCUT2D eigenvalue weighted by Gasteiger charge is 2.33. The lowest BCUT2D eigenvalue weighted by atomic mass is 9.79. The number of hydrogen-bond acceptors (Lipinski definition) is 6. The number of carbonyl (C=O) groups excluding carboxylic acids is 2. The molecule has 6 nitrogen and oxygen atoms in total. The molecule has 0 aliphatic carbocycles. The second kappa shape index (κ2) is 12.7. The molecule has 2 aliphatic heterocycles. The van der Waals surface area contributed by atoms with Gasteiger partial charge in [0.1, 0.15) is 12.4 Å². The lowest BCUT2D eigenvalue weighted by Gasteiger charge is -2.30. The van der Waals surface area contributed by atoms with Crippen LogP contribution in [0.2, 0.25) is 0 Å². The molecule has 2 unspecified atom stereocenters. The van der Waals surface area contributed by atoms with Crippen LogP contribution >= 0.6 is 11.8 Å². The topological polar surface area (TPSA) is 67.9 Å². The van der Waals surface area contributed by atoms with Crippen molar-refractivity contribution in [1.82, 2.24) is 4.90 Å². The first-order valence-electron chi connectivity index (χ1n) is 12.9. The summed E-state index contributed by atoms with van der Waals surface area (Å²) in [6, 6.07) is 0. The number of allylic oxidation sites excluding steroid dienone is 1. The van der Waals surface area contributed by atoms with Crippen molar-refractivity contribution in [3.8, 4) is 5.75 Å². The third kappa shape index (κ3) is 5.99. The van der Waals surface area contributed by atoms with E-state index in [0.717, 1.165) is 58.7 Å². The standard InChI is InChI=1S/C28H42N2O4S/c1-7-8-12-20(19-11-9-10-15-35-17-19)21(27(31)30(4)5)13-14-22-25(29-3)24-23(16-34-28(24)32)18(2)26(22)33-6/h13,19-20,29H,7-12,14-17H2,1-6H3/b21-13-. The maximum atomic E-state index is 13.5. The molecule has 0 radical (unpaired) electrons. The number of anilines is 1. The first-order chi connectivity index (χ1) is 16.8. The Morgan fingerprint density at radius 2 is 2.11 bits per heavy atom. The molecule has 2 heterocycles. The van der Waals surface area contributed by atoms with Crippen LogP contribution in [-0.4, -0.2) is 56.5 Å². The zero-order valence-electron chi connectivity index (χ0n) is 22.3. The third-order valence-corrected chi connectivity index (χ3v) is 8.63. The van der Waals surface area contributed by atoms with Crippen LogP contribution in [0.4, 0.5) is 5.69 Å². The summed E-state index contributed by atoms with van der Waals surface area (Å²) in [6.45, 7) is 4.46. The minimum Gasteiger partial charge on any atom is -0.496 e. The fourth-order valence-electron chi connectivity index (χ4n) is 5.51. The van der Waals surface area contributed by atoms with Gasteiger partial charge in [0.15, 0.2) is 0 Å². The lowest BCUT2D eigenvalue weighted by molar-refractivity contribution is -0.125. The van der Waals surface area contributed by atoms with Gasteiger partial charge in [0.05, 0.1) is 18.4 Å². The van der Waals surface area contributed by atoms with E-state index in [9.17, 15) is 9.59 Å². The summed E-state index contributed by atoms with van der Waals surface area (Å²) in [7, 11) is 7.16. The Labute approximate surface area is 215 Å². The van der Waals surface area contributed by atoms with Gasteiger partial charge in [-0.2, -0.15) is 11.8 Å². The van der Waals surface area contributed by atoms with E-state index in [0.29, 0.717) is 17.9 Å². The third-order valence-electron chi connectivity index (χ3n) is 7.39. The molecule has 0 aromatic heterocycles. The van der Waals surface area contributed by atoms with Gasteiger partial charge in [0.25, 0.3) is 0 Å². The highest BCUT2D eigenvalue weighted by molar-refractivity contribution is 7.99. The normalized spacial score (nSPS) is 19.0. The van der Waals surface area contributed by atoms with Gasteiger partial charge < -0.3 is 19.7 Å². The van der Waals surface area contributed by atoms with Gasteiger partial charge >= 0.3 is 5.97 Å². The molecular formula is C28H42N2O4S. The number of cyclic esters (lactones) is 1. The summed E-state index contributed by atoms with van der Waals surface area (Å²) in [4.78, 5) is 27.8. The quantitative estimate of drug-likeness (QED) is 0.331. The molecule has 0 saturated carbocycles. The highest BCUT2D eigenvalue weighted by Crippen LogP contribution is 2.42. The van der Waals surface area contributed by atoms with Gasteiger partial charge in [-0.15, -0.1) is 0 Å². The molecule has 2 aliphatic rings. The van der Waals surface area contributed by atoms with E-state index in [-0.39, 0.29) is 24.4 Å². The van der Waals surface area contributed by atoms with Gasteiger partial charge in [-0.3, -0.25) is 4.79 Å². The number of likely N-dealkylation sites (N-methyl/N-ethyl adjacent to an activating group) is 1. The number of fused-ring (bicyclic) bond motifs is 1. The molecule has 1 fully saturated rings. The Hall–Kier alpha value is -2.15. The van der Waals surface area contributed by atoms with E-state index in [1.807, 2.05) is 39.8 Å². The predicted molar refractivity (Wildman–Crippen MR) is 145 cm³/mol. The van der Waals surface area contributed by atoms with Crippen molar-refractivity contribution < 1.29 is 19.1 Å². The van der Waals surface area contributed by atoms with Crippen molar-refractivity contribution in [1.29, 1.82) is 0 Å². The SMILES string of the molecule is CCCCC(/C(=C/Cc1c(NC)c2c(c(C)c1OC)COC2=O)C(=O)N(C)C)C1CCCCSC1. The average Bonchev–Trinajstić information content (AvgIpc) is 3.05. The number of carbonyl (C=O) groups is 2. The van der Waals surface area contributed by atoms with Crippen LogP contribution in [0.5, 0.6) is 5.75 Å². The van der Waals surface area contributed by atoms with Crippen molar-refractivity contribution in [3.05, 3.63) is 33.9 Å². The van der Waals surface area contributed by atoms with Crippen molar-refractivity contribution in [2.24, 2.45) is 11.8 Å². The fourth-order valence-corrected chi connectivity index (χ4v) is 6.79.